The van der Waals surface area contributed by atoms with Gasteiger partial charge in [-0.1, -0.05) is 48.5 Å². The SMILES string of the molecule is Cc1ccc(N2CCN(CCCN(C)C)CC2)cc1C(=O)NC1(c2cccc3ccccc23)CC1. The highest BCUT2D eigenvalue weighted by Gasteiger charge is 2.46. The lowest BCUT2D eigenvalue weighted by molar-refractivity contribution is 0.0930. The van der Waals surface area contributed by atoms with Crippen LogP contribution in [0.1, 0.15) is 40.7 Å². The predicted molar refractivity (Wildman–Crippen MR) is 145 cm³/mol. The molecule has 1 saturated heterocycles. The highest BCUT2D eigenvalue weighted by molar-refractivity contribution is 5.98. The molecule has 0 bridgehead atoms. The molecule has 1 amide bonds. The van der Waals surface area contributed by atoms with Crippen molar-refractivity contribution in [1.82, 2.24) is 15.1 Å². The van der Waals surface area contributed by atoms with Crippen molar-refractivity contribution in [3.05, 3.63) is 77.4 Å². The Labute approximate surface area is 209 Å². The molecular formula is C30H38N4O. The molecule has 0 unspecified atom stereocenters. The van der Waals surface area contributed by atoms with E-state index in [9.17, 15) is 4.79 Å². The molecule has 1 saturated carbocycles. The van der Waals surface area contributed by atoms with E-state index in [4.69, 9.17) is 0 Å². The topological polar surface area (TPSA) is 38.8 Å². The molecule has 5 rings (SSSR count). The third-order valence-corrected chi connectivity index (χ3v) is 7.69. The summed E-state index contributed by atoms with van der Waals surface area (Å²) in [5, 5.41) is 5.90. The molecule has 1 heterocycles. The van der Waals surface area contributed by atoms with E-state index in [0.29, 0.717) is 0 Å². The van der Waals surface area contributed by atoms with Gasteiger partial charge < -0.3 is 15.1 Å². The van der Waals surface area contributed by atoms with Crippen LogP contribution in [0.5, 0.6) is 0 Å². The number of hydrogen-bond donors (Lipinski definition) is 1. The molecule has 3 aromatic rings. The Morgan fingerprint density at radius 2 is 1.71 bits per heavy atom. The van der Waals surface area contributed by atoms with Gasteiger partial charge >= 0.3 is 0 Å². The predicted octanol–water partition coefficient (Wildman–Crippen LogP) is 4.64. The summed E-state index contributed by atoms with van der Waals surface area (Å²) in [6.45, 7) is 8.50. The summed E-state index contributed by atoms with van der Waals surface area (Å²) in [6.07, 6.45) is 3.18. The third-order valence-electron chi connectivity index (χ3n) is 7.69. The van der Waals surface area contributed by atoms with Crippen molar-refractivity contribution in [3.8, 4) is 0 Å². The van der Waals surface area contributed by atoms with Gasteiger partial charge in [-0.2, -0.15) is 0 Å². The summed E-state index contributed by atoms with van der Waals surface area (Å²) in [7, 11) is 4.27. The van der Waals surface area contributed by atoms with Crippen molar-refractivity contribution in [3.63, 3.8) is 0 Å². The first kappa shape index (κ1) is 23.8. The maximum absolute atomic E-state index is 13.5. The number of benzene rings is 3. The Morgan fingerprint density at radius 1 is 0.971 bits per heavy atom. The van der Waals surface area contributed by atoms with E-state index in [2.05, 4.69) is 94.8 Å². The minimum absolute atomic E-state index is 0.0390. The second-order valence-electron chi connectivity index (χ2n) is 10.5. The number of rotatable bonds is 8. The fraction of sp³-hybridized carbons (Fsp3) is 0.433. The van der Waals surface area contributed by atoms with E-state index in [1.165, 1.54) is 22.8 Å². The number of nitrogens with zero attached hydrogens (tertiary/aromatic N) is 3. The molecule has 0 spiro atoms. The number of carbonyl (C=O) groups excluding carboxylic acids is 1. The van der Waals surface area contributed by atoms with Gasteiger partial charge in [0, 0.05) is 37.4 Å². The molecule has 1 aliphatic heterocycles. The largest absolute Gasteiger partial charge is 0.369 e. The van der Waals surface area contributed by atoms with Gasteiger partial charge in [0.05, 0.1) is 5.54 Å². The molecule has 2 aliphatic rings. The minimum Gasteiger partial charge on any atom is -0.369 e. The van der Waals surface area contributed by atoms with Gasteiger partial charge in [0.1, 0.15) is 0 Å². The highest BCUT2D eigenvalue weighted by atomic mass is 16.1. The van der Waals surface area contributed by atoms with Crippen LogP contribution in [0.4, 0.5) is 5.69 Å². The molecule has 184 valence electrons. The summed E-state index contributed by atoms with van der Waals surface area (Å²) in [5.74, 6) is 0.0390. The quantitative estimate of drug-likeness (QED) is 0.521. The van der Waals surface area contributed by atoms with Gasteiger partial charge in [-0.25, -0.2) is 0 Å². The summed E-state index contributed by atoms with van der Waals surface area (Å²) < 4.78 is 0. The van der Waals surface area contributed by atoms with Gasteiger partial charge in [-0.05, 0) is 87.4 Å². The number of aryl methyl sites for hydroxylation is 1. The second-order valence-corrected chi connectivity index (χ2v) is 10.5. The average molecular weight is 471 g/mol. The Bertz CT molecular complexity index is 1190. The van der Waals surface area contributed by atoms with Crippen LogP contribution in [0.25, 0.3) is 10.8 Å². The van der Waals surface area contributed by atoms with E-state index >= 15 is 0 Å². The van der Waals surface area contributed by atoms with Gasteiger partial charge in [0.15, 0.2) is 0 Å². The molecular weight excluding hydrogens is 432 g/mol. The van der Waals surface area contributed by atoms with Gasteiger partial charge in [0.2, 0.25) is 0 Å². The maximum Gasteiger partial charge on any atom is 0.252 e. The summed E-state index contributed by atoms with van der Waals surface area (Å²) >= 11 is 0. The normalized spacial score (nSPS) is 17.7. The maximum atomic E-state index is 13.5. The van der Waals surface area contributed by atoms with Crippen LogP contribution in [-0.4, -0.2) is 69.1 Å². The van der Waals surface area contributed by atoms with Crippen LogP contribution < -0.4 is 10.2 Å². The molecule has 35 heavy (non-hydrogen) atoms. The van der Waals surface area contributed by atoms with Crippen LogP contribution in [0.2, 0.25) is 0 Å². The molecule has 5 nitrogen and oxygen atoms in total. The lowest BCUT2D eigenvalue weighted by Gasteiger charge is -2.36. The van der Waals surface area contributed by atoms with Crippen LogP contribution in [-0.2, 0) is 5.54 Å². The molecule has 0 atom stereocenters. The fourth-order valence-corrected chi connectivity index (χ4v) is 5.41. The zero-order valence-corrected chi connectivity index (χ0v) is 21.4. The van der Waals surface area contributed by atoms with E-state index < -0.39 is 0 Å². The van der Waals surface area contributed by atoms with E-state index in [1.807, 2.05) is 6.92 Å². The standard InChI is InChI=1S/C30H38N4O/c1-23-12-13-25(34-20-18-33(19-21-34)17-7-16-32(2)3)22-27(23)29(35)31-30(14-15-30)28-11-6-9-24-8-4-5-10-26(24)28/h4-6,8-13,22H,7,14-21H2,1-3H3,(H,31,35). The number of piperazine rings is 1. The van der Waals surface area contributed by atoms with Crippen molar-refractivity contribution in [2.75, 3.05) is 58.3 Å². The molecule has 5 heteroatoms. The number of amides is 1. The smallest absolute Gasteiger partial charge is 0.252 e. The zero-order valence-electron chi connectivity index (χ0n) is 21.4. The number of hydrogen-bond acceptors (Lipinski definition) is 4. The first-order valence-corrected chi connectivity index (χ1v) is 13.0. The van der Waals surface area contributed by atoms with Crippen LogP contribution >= 0.6 is 0 Å². The second kappa shape index (κ2) is 10.00. The lowest BCUT2D eigenvalue weighted by Crippen LogP contribution is -2.47. The van der Waals surface area contributed by atoms with Crippen molar-refractivity contribution in [1.29, 1.82) is 0 Å². The van der Waals surface area contributed by atoms with E-state index in [-0.39, 0.29) is 11.4 Å². The summed E-state index contributed by atoms with van der Waals surface area (Å²) in [6, 6.07) is 21.3. The Morgan fingerprint density at radius 3 is 2.46 bits per heavy atom. The van der Waals surface area contributed by atoms with Crippen molar-refractivity contribution in [2.24, 2.45) is 0 Å². The molecule has 1 aliphatic carbocycles. The number of carbonyl (C=O) groups is 1. The average Bonchev–Trinajstić information content (AvgIpc) is 3.64. The summed E-state index contributed by atoms with van der Waals surface area (Å²) in [5.41, 5.74) is 3.97. The van der Waals surface area contributed by atoms with Gasteiger partial charge in [0.25, 0.3) is 5.91 Å². The number of nitrogens with one attached hydrogen (secondary N) is 1. The molecule has 3 aromatic carbocycles. The Hall–Kier alpha value is -2.89. The molecule has 0 radical (unpaired) electrons. The van der Waals surface area contributed by atoms with Gasteiger partial charge in [-0.15, -0.1) is 0 Å². The fourth-order valence-electron chi connectivity index (χ4n) is 5.41. The van der Waals surface area contributed by atoms with Gasteiger partial charge in [-0.3, -0.25) is 9.69 Å². The number of fused-ring (bicyclic) bond motifs is 1. The molecule has 1 N–H and O–H groups in total. The summed E-state index contributed by atoms with van der Waals surface area (Å²) in [4.78, 5) is 20.8. The Kier molecular flexibility index (Phi) is 6.81. The number of anilines is 1. The first-order valence-electron chi connectivity index (χ1n) is 13.0. The zero-order chi connectivity index (χ0) is 24.4. The first-order chi connectivity index (χ1) is 16.9. The minimum atomic E-state index is -0.251. The Balaban J connectivity index is 1.28. The highest BCUT2D eigenvalue weighted by Crippen LogP contribution is 2.48. The van der Waals surface area contributed by atoms with Crippen LogP contribution in [0.15, 0.2) is 60.7 Å². The monoisotopic (exact) mass is 470 g/mol. The van der Waals surface area contributed by atoms with Crippen LogP contribution in [0.3, 0.4) is 0 Å². The van der Waals surface area contributed by atoms with Crippen molar-refractivity contribution in [2.45, 2.75) is 31.7 Å². The molecule has 0 aromatic heterocycles. The third kappa shape index (κ3) is 5.21. The van der Waals surface area contributed by atoms with Crippen molar-refractivity contribution >= 4 is 22.4 Å². The lowest BCUT2D eigenvalue weighted by atomic mass is 9.96. The van der Waals surface area contributed by atoms with E-state index in [0.717, 1.165) is 68.9 Å². The van der Waals surface area contributed by atoms with E-state index in [1.54, 1.807) is 0 Å². The van der Waals surface area contributed by atoms with Crippen LogP contribution in [0, 0.1) is 6.92 Å². The van der Waals surface area contributed by atoms with Crippen molar-refractivity contribution < 1.29 is 4.79 Å². The molecule has 2 fully saturated rings.